The van der Waals surface area contributed by atoms with E-state index < -0.39 is 17.4 Å². The SMILES string of the molecule is CCOC(=O)C1(C(=O)OCC)CCCC=C(c2cccc(OC)c2)C1. The van der Waals surface area contributed by atoms with Crippen LogP contribution < -0.4 is 4.74 Å². The lowest BCUT2D eigenvalue weighted by Gasteiger charge is -2.29. The van der Waals surface area contributed by atoms with Gasteiger partial charge in [-0.3, -0.25) is 9.59 Å². The molecule has 25 heavy (non-hydrogen) atoms. The molecule has 5 nitrogen and oxygen atoms in total. The fraction of sp³-hybridized carbons (Fsp3) is 0.500. The fourth-order valence-corrected chi connectivity index (χ4v) is 3.18. The Balaban J connectivity index is 2.41. The van der Waals surface area contributed by atoms with E-state index in [1.165, 1.54) is 0 Å². The van der Waals surface area contributed by atoms with Crippen LogP contribution in [0.15, 0.2) is 30.3 Å². The Kier molecular flexibility index (Phi) is 6.62. The molecule has 0 spiro atoms. The van der Waals surface area contributed by atoms with Gasteiger partial charge in [-0.05, 0) is 62.8 Å². The van der Waals surface area contributed by atoms with Crippen molar-refractivity contribution in [2.45, 2.75) is 39.5 Å². The average molecular weight is 346 g/mol. The number of allylic oxidation sites excluding steroid dienone is 2. The maximum Gasteiger partial charge on any atom is 0.323 e. The Hall–Kier alpha value is -2.30. The van der Waals surface area contributed by atoms with Crippen molar-refractivity contribution in [1.29, 1.82) is 0 Å². The summed E-state index contributed by atoms with van der Waals surface area (Å²) in [4.78, 5) is 25.4. The zero-order chi connectivity index (χ0) is 18.3. The van der Waals surface area contributed by atoms with Crippen LogP contribution in [0.5, 0.6) is 5.75 Å². The molecule has 1 aromatic carbocycles. The molecule has 1 aliphatic rings. The molecule has 5 heteroatoms. The number of hydrogen-bond donors (Lipinski definition) is 0. The minimum atomic E-state index is -1.28. The highest BCUT2D eigenvalue weighted by Gasteiger charge is 2.49. The van der Waals surface area contributed by atoms with Gasteiger partial charge in [-0.1, -0.05) is 18.2 Å². The normalized spacial score (nSPS) is 16.4. The fourth-order valence-electron chi connectivity index (χ4n) is 3.18. The van der Waals surface area contributed by atoms with E-state index in [2.05, 4.69) is 6.08 Å². The first-order valence-corrected chi connectivity index (χ1v) is 8.75. The first-order chi connectivity index (χ1) is 12.1. The highest BCUT2D eigenvalue weighted by Crippen LogP contribution is 2.41. The third kappa shape index (κ3) is 4.21. The summed E-state index contributed by atoms with van der Waals surface area (Å²) in [5.41, 5.74) is 0.606. The molecule has 0 atom stereocenters. The van der Waals surface area contributed by atoms with Gasteiger partial charge >= 0.3 is 11.9 Å². The second kappa shape index (κ2) is 8.70. The van der Waals surface area contributed by atoms with Crippen LogP contribution in [-0.2, 0) is 19.1 Å². The van der Waals surface area contributed by atoms with Crippen LogP contribution in [0.25, 0.3) is 5.57 Å². The van der Waals surface area contributed by atoms with Gasteiger partial charge in [-0.2, -0.15) is 0 Å². The third-order valence-electron chi connectivity index (χ3n) is 4.46. The molecule has 0 N–H and O–H groups in total. The van der Waals surface area contributed by atoms with E-state index in [1.807, 2.05) is 24.3 Å². The molecule has 1 aliphatic carbocycles. The highest BCUT2D eigenvalue weighted by molar-refractivity contribution is 6.02. The number of methoxy groups -OCH3 is 1. The highest BCUT2D eigenvalue weighted by atomic mass is 16.6. The van der Waals surface area contributed by atoms with Crippen molar-refractivity contribution in [3.05, 3.63) is 35.9 Å². The Morgan fingerprint density at radius 2 is 1.80 bits per heavy atom. The molecular weight excluding hydrogens is 320 g/mol. The quantitative estimate of drug-likeness (QED) is 0.580. The number of esters is 2. The second-order valence-electron chi connectivity index (χ2n) is 6.05. The van der Waals surface area contributed by atoms with E-state index in [1.54, 1.807) is 21.0 Å². The molecule has 0 aliphatic heterocycles. The molecule has 0 amide bonds. The Morgan fingerprint density at radius 1 is 1.12 bits per heavy atom. The van der Waals surface area contributed by atoms with Crippen LogP contribution in [-0.4, -0.2) is 32.3 Å². The molecule has 0 radical (unpaired) electrons. The van der Waals surface area contributed by atoms with Crippen LogP contribution in [0, 0.1) is 5.41 Å². The van der Waals surface area contributed by atoms with E-state index in [9.17, 15) is 9.59 Å². The van der Waals surface area contributed by atoms with Gasteiger partial charge in [0.1, 0.15) is 5.75 Å². The van der Waals surface area contributed by atoms with E-state index >= 15 is 0 Å². The topological polar surface area (TPSA) is 61.8 Å². The third-order valence-corrected chi connectivity index (χ3v) is 4.46. The van der Waals surface area contributed by atoms with Crippen molar-refractivity contribution >= 4 is 17.5 Å². The van der Waals surface area contributed by atoms with Crippen LogP contribution in [0.2, 0.25) is 0 Å². The summed E-state index contributed by atoms with van der Waals surface area (Å²) < 4.78 is 15.8. The van der Waals surface area contributed by atoms with Gasteiger partial charge in [0.2, 0.25) is 0 Å². The van der Waals surface area contributed by atoms with Crippen LogP contribution in [0.3, 0.4) is 0 Å². The first kappa shape index (κ1) is 19.0. The molecule has 2 rings (SSSR count). The number of benzene rings is 1. The van der Waals surface area contributed by atoms with Gasteiger partial charge in [0, 0.05) is 0 Å². The second-order valence-corrected chi connectivity index (χ2v) is 6.05. The zero-order valence-electron chi connectivity index (χ0n) is 15.2. The lowest BCUT2D eigenvalue weighted by Crippen LogP contribution is -2.42. The maximum atomic E-state index is 12.7. The number of rotatable bonds is 6. The van der Waals surface area contributed by atoms with Crippen molar-refractivity contribution in [3.63, 3.8) is 0 Å². The van der Waals surface area contributed by atoms with Crippen LogP contribution >= 0.6 is 0 Å². The van der Waals surface area contributed by atoms with E-state index in [4.69, 9.17) is 14.2 Å². The molecule has 0 fully saturated rings. The molecule has 0 aromatic heterocycles. The first-order valence-electron chi connectivity index (χ1n) is 8.75. The van der Waals surface area contributed by atoms with E-state index in [-0.39, 0.29) is 19.6 Å². The number of carbonyl (C=O) groups is 2. The largest absolute Gasteiger partial charge is 0.497 e. The van der Waals surface area contributed by atoms with Crippen molar-refractivity contribution < 1.29 is 23.8 Å². The smallest absolute Gasteiger partial charge is 0.323 e. The van der Waals surface area contributed by atoms with Crippen LogP contribution in [0.4, 0.5) is 0 Å². The molecular formula is C20H26O5. The summed E-state index contributed by atoms with van der Waals surface area (Å²) in [6, 6.07) is 7.64. The molecule has 0 heterocycles. The Labute approximate surface area is 149 Å². The minimum Gasteiger partial charge on any atom is -0.497 e. The molecule has 0 saturated carbocycles. The minimum absolute atomic E-state index is 0.234. The zero-order valence-corrected chi connectivity index (χ0v) is 15.2. The van der Waals surface area contributed by atoms with Gasteiger partial charge in [0.05, 0.1) is 20.3 Å². The van der Waals surface area contributed by atoms with Gasteiger partial charge < -0.3 is 14.2 Å². The summed E-state index contributed by atoms with van der Waals surface area (Å²) in [5, 5.41) is 0. The lowest BCUT2D eigenvalue weighted by atomic mass is 9.77. The summed E-state index contributed by atoms with van der Waals surface area (Å²) in [6.45, 7) is 3.95. The number of carbonyl (C=O) groups excluding carboxylic acids is 2. The molecule has 1 aromatic rings. The summed E-state index contributed by atoms with van der Waals surface area (Å²) in [6.07, 6.45) is 4.32. The molecule has 0 unspecified atom stereocenters. The van der Waals surface area contributed by atoms with E-state index in [0.29, 0.717) is 6.42 Å². The van der Waals surface area contributed by atoms with Crippen molar-refractivity contribution in [2.24, 2.45) is 5.41 Å². The van der Waals surface area contributed by atoms with Crippen LogP contribution in [0.1, 0.15) is 45.1 Å². The predicted molar refractivity (Wildman–Crippen MR) is 95.1 cm³/mol. The molecule has 0 saturated heterocycles. The molecule has 0 bridgehead atoms. The number of ether oxygens (including phenoxy) is 3. The van der Waals surface area contributed by atoms with E-state index in [0.717, 1.165) is 29.7 Å². The summed E-state index contributed by atoms with van der Waals surface area (Å²) in [5.74, 6) is -0.256. The summed E-state index contributed by atoms with van der Waals surface area (Å²) in [7, 11) is 1.61. The Morgan fingerprint density at radius 3 is 2.40 bits per heavy atom. The maximum absolute atomic E-state index is 12.7. The van der Waals surface area contributed by atoms with Gasteiger partial charge in [0.15, 0.2) is 5.41 Å². The lowest BCUT2D eigenvalue weighted by molar-refractivity contribution is -0.172. The van der Waals surface area contributed by atoms with Gasteiger partial charge in [-0.25, -0.2) is 0 Å². The van der Waals surface area contributed by atoms with Crippen molar-refractivity contribution in [1.82, 2.24) is 0 Å². The monoisotopic (exact) mass is 346 g/mol. The predicted octanol–water partition coefficient (Wildman–Crippen LogP) is 3.77. The van der Waals surface area contributed by atoms with Crippen molar-refractivity contribution in [3.8, 4) is 5.75 Å². The van der Waals surface area contributed by atoms with Gasteiger partial charge in [-0.15, -0.1) is 0 Å². The van der Waals surface area contributed by atoms with Gasteiger partial charge in [0.25, 0.3) is 0 Å². The van der Waals surface area contributed by atoms with Crippen molar-refractivity contribution in [2.75, 3.05) is 20.3 Å². The number of hydrogen-bond acceptors (Lipinski definition) is 5. The summed E-state index contributed by atoms with van der Waals surface area (Å²) >= 11 is 0. The Bertz CT molecular complexity index is 629. The molecule has 136 valence electrons. The average Bonchev–Trinajstić information content (AvgIpc) is 2.86. The standard InChI is InChI=1S/C20H26O5/c1-4-24-18(21)20(19(22)25-5-2)12-7-6-9-16(14-20)15-10-8-11-17(13-15)23-3/h8-11,13H,4-7,12,14H2,1-3H3.